The molecule has 1 heterocycles. The number of fused-ring (bicyclic) bond motifs is 5. The fourth-order valence-corrected chi connectivity index (χ4v) is 8.75. The van der Waals surface area contributed by atoms with Crippen molar-refractivity contribution in [3.63, 3.8) is 0 Å². The normalized spacial score (nSPS) is 11.4. The zero-order chi connectivity index (χ0) is 38.4. The van der Waals surface area contributed by atoms with E-state index in [1.807, 2.05) is 0 Å². The van der Waals surface area contributed by atoms with Crippen molar-refractivity contribution in [2.75, 3.05) is 0 Å². The van der Waals surface area contributed by atoms with Crippen molar-refractivity contribution in [2.45, 2.75) is 0 Å². The molecule has 0 N–H and O–H groups in total. The Balaban J connectivity index is 1.11. The molecule has 0 unspecified atom stereocenters. The van der Waals surface area contributed by atoms with Crippen molar-refractivity contribution >= 4 is 43.1 Å². The molecule has 0 aliphatic rings. The maximum absolute atomic E-state index is 5.39. The summed E-state index contributed by atoms with van der Waals surface area (Å²) >= 11 is 0. The van der Waals surface area contributed by atoms with Gasteiger partial charge in [-0.1, -0.05) is 206 Å². The van der Waals surface area contributed by atoms with Crippen molar-refractivity contribution in [3.8, 4) is 67.3 Å². The largest absolute Gasteiger partial charge is 0.228 e. The van der Waals surface area contributed by atoms with E-state index < -0.39 is 0 Å². The lowest BCUT2D eigenvalue weighted by Crippen LogP contribution is -1.98. The maximum Gasteiger partial charge on any atom is 0.160 e. The van der Waals surface area contributed by atoms with E-state index in [0.29, 0.717) is 5.82 Å². The average Bonchev–Trinajstić information content (AvgIpc) is 3.31. The van der Waals surface area contributed by atoms with Gasteiger partial charge in [-0.15, -0.1) is 0 Å². The summed E-state index contributed by atoms with van der Waals surface area (Å²) in [7, 11) is 0. The third-order valence-corrected chi connectivity index (χ3v) is 11.5. The van der Waals surface area contributed by atoms with Gasteiger partial charge < -0.3 is 0 Å². The Labute approximate surface area is 337 Å². The van der Waals surface area contributed by atoms with Crippen LogP contribution in [0.15, 0.2) is 218 Å². The molecule has 0 aliphatic carbocycles. The summed E-state index contributed by atoms with van der Waals surface area (Å²) in [6.07, 6.45) is 0. The SMILES string of the molecule is c1ccc(-c2ccccc2-c2cc(-c3ccccc3-c3cccc4ccccc34)nc(-c3ccc(-c4c5ccccc5cc5c4ccc4ccccc45)cc3)n2)cc1. The summed E-state index contributed by atoms with van der Waals surface area (Å²) in [5.41, 5.74) is 11.8. The van der Waals surface area contributed by atoms with Crippen molar-refractivity contribution < 1.29 is 0 Å². The van der Waals surface area contributed by atoms with Crippen LogP contribution in [-0.2, 0) is 0 Å². The topological polar surface area (TPSA) is 25.8 Å². The average molecular weight is 737 g/mol. The van der Waals surface area contributed by atoms with Crippen LogP contribution in [0.3, 0.4) is 0 Å². The molecule has 0 radical (unpaired) electrons. The van der Waals surface area contributed by atoms with E-state index in [-0.39, 0.29) is 0 Å². The van der Waals surface area contributed by atoms with Crippen LogP contribution >= 0.6 is 0 Å². The molecule has 0 aliphatic heterocycles. The van der Waals surface area contributed by atoms with Gasteiger partial charge in [0.05, 0.1) is 11.4 Å². The number of rotatable bonds is 6. The Kier molecular flexibility index (Phi) is 8.19. The lowest BCUT2D eigenvalue weighted by Gasteiger charge is -2.16. The molecule has 2 nitrogen and oxygen atoms in total. The van der Waals surface area contributed by atoms with E-state index in [1.165, 1.54) is 54.2 Å². The molecule has 0 amide bonds. The van der Waals surface area contributed by atoms with E-state index in [9.17, 15) is 0 Å². The highest BCUT2D eigenvalue weighted by Gasteiger charge is 2.18. The van der Waals surface area contributed by atoms with Crippen LogP contribution in [-0.4, -0.2) is 9.97 Å². The van der Waals surface area contributed by atoms with Gasteiger partial charge in [0.25, 0.3) is 0 Å². The molecule has 0 atom stereocenters. The molecule has 58 heavy (non-hydrogen) atoms. The predicted molar refractivity (Wildman–Crippen MR) is 245 cm³/mol. The minimum absolute atomic E-state index is 0.684. The summed E-state index contributed by atoms with van der Waals surface area (Å²) in [5, 5.41) is 9.91. The summed E-state index contributed by atoms with van der Waals surface area (Å²) in [6, 6.07) is 78.2. The van der Waals surface area contributed by atoms with E-state index in [1.54, 1.807) is 0 Å². The Hall–Kier alpha value is -7.68. The maximum atomic E-state index is 5.39. The summed E-state index contributed by atoms with van der Waals surface area (Å²) < 4.78 is 0. The fraction of sp³-hybridized carbons (Fsp3) is 0. The molecule has 0 saturated heterocycles. The number of hydrogen-bond acceptors (Lipinski definition) is 2. The molecule has 2 heteroatoms. The first kappa shape index (κ1) is 33.6. The van der Waals surface area contributed by atoms with Gasteiger partial charge in [-0.3, -0.25) is 0 Å². The fourth-order valence-electron chi connectivity index (χ4n) is 8.75. The number of aromatic nitrogens is 2. The molecular formula is C56H36N2. The highest BCUT2D eigenvalue weighted by atomic mass is 14.9. The molecule has 11 aromatic rings. The monoisotopic (exact) mass is 736 g/mol. The summed E-state index contributed by atoms with van der Waals surface area (Å²) in [4.78, 5) is 10.8. The lowest BCUT2D eigenvalue weighted by molar-refractivity contribution is 1.18. The quantitative estimate of drug-likeness (QED) is 0.125. The summed E-state index contributed by atoms with van der Waals surface area (Å²) in [5.74, 6) is 0.684. The number of nitrogens with zero attached hydrogens (tertiary/aromatic N) is 2. The molecule has 11 rings (SSSR count). The Morgan fingerprint density at radius 2 is 0.759 bits per heavy atom. The third kappa shape index (κ3) is 5.82. The molecule has 0 saturated carbocycles. The highest BCUT2D eigenvalue weighted by molar-refractivity contribution is 6.20. The van der Waals surface area contributed by atoms with Crippen molar-refractivity contribution in [1.29, 1.82) is 0 Å². The van der Waals surface area contributed by atoms with Crippen LogP contribution < -0.4 is 0 Å². The van der Waals surface area contributed by atoms with Gasteiger partial charge in [0.2, 0.25) is 0 Å². The third-order valence-electron chi connectivity index (χ3n) is 11.5. The minimum atomic E-state index is 0.684. The van der Waals surface area contributed by atoms with Gasteiger partial charge in [0.15, 0.2) is 5.82 Å². The second kappa shape index (κ2) is 14.1. The minimum Gasteiger partial charge on any atom is -0.228 e. The van der Waals surface area contributed by atoms with Gasteiger partial charge in [-0.2, -0.15) is 0 Å². The van der Waals surface area contributed by atoms with E-state index in [0.717, 1.165) is 50.3 Å². The van der Waals surface area contributed by atoms with Crippen LogP contribution in [0.4, 0.5) is 0 Å². The zero-order valence-electron chi connectivity index (χ0n) is 31.7. The smallest absolute Gasteiger partial charge is 0.160 e. The van der Waals surface area contributed by atoms with Crippen LogP contribution in [0.5, 0.6) is 0 Å². The molecule has 0 bridgehead atoms. The highest BCUT2D eigenvalue weighted by Crippen LogP contribution is 2.42. The molecule has 270 valence electrons. The Morgan fingerprint density at radius 3 is 1.50 bits per heavy atom. The molecular weight excluding hydrogens is 701 g/mol. The van der Waals surface area contributed by atoms with Crippen LogP contribution in [0.2, 0.25) is 0 Å². The van der Waals surface area contributed by atoms with Crippen LogP contribution in [0, 0.1) is 0 Å². The second-order valence-corrected chi connectivity index (χ2v) is 14.9. The molecule has 0 spiro atoms. The van der Waals surface area contributed by atoms with E-state index in [2.05, 4.69) is 218 Å². The predicted octanol–water partition coefficient (Wildman–Crippen LogP) is 15.1. The van der Waals surface area contributed by atoms with Gasteiger partial charge >= 0.3 is 0 Å². The van der Waals surface area contributed by atoms with Crippen LogP contribution in [0.25, 0.3) is 110 Å². The van der Waals surface area contributed by atoms with Crippen molar-refractivity contribution in [1.82, 2.24) is 9.97 Å². The zero-order valence-corrected chi connectivity index (χ0v) is 31.7. The molecule has 0 fully saturated rings. The van der Waals surface area contributed by atoms with Gasteiger partial charge in [0.1, 0.15) is 0 Å². The summed E-state index contributed by atoms with van der Waals surface area (Å²) in [6.45, 7) is 0. The first-order valence-electron chi connectivity index (χ1n) is 19.8. The van der Waals surface area contributed by atoms with E-state index in [4.69, 9.17) is 9.97 Å². The van der Waals surface area contributed by atoms with Crippen LogP contribution in [0.1, 0.15) is 0 Å². The lowest BCUT2D eigenvalue weighted by atomic mass is 9.89. The first-order valence-corrected chi connectivity index (χ1v) is 19.8. The van der Waals surface area contributed by atoms with Gasteiger partial charge in [-0.25, -0.2) is 9.97 Å². The molecule has 1 aromatic heterocycles. The number of hydrogen-bond donors (Lipinski definition) is 0. The van der Waals surface area contributed by atoms with E-state index >= 15 is 0 Å². The second-order valence-electron chi connectivity index (χ2n) is 14.9. The van der Waals surface area contributed by atoms with Gasteiger partial charge in [-0.05, 0) is 88.6 Å². The first-order chi connectivity index (χ1) is 28.8. The standard InChI is InChI=1S/C56H36N2/c1-2-15-37(16-3-1)44-22-10-12-26-49(44)53-36-54(50-27-13-11-25-48(50)47-28-14-20-38-17-4-7-21-43(38)47)58-56(57-53)41-31-29-40(30-32-41)55-46-24-9-6-19-42(46)35-52-45-23-8-5-18-39(45)33-34-51(52)55/h1-36H. The molecule has 10 aromatic carbocycles. The van der Waals surface area contributed by atoms with Crippen molar-refractivity contribution in [3.05, 3.63) is 218 Å². The van der Waals surface area contributed by atoms with Crippen molar-refractivity contribution in [2.24, 2.45) is 0 Å². The number of benzene rings is 10. The van der Waals surface area contributed by atoms with Gasteiger partial charge in [0, 0.05) is 16.7 Å². The Morgan fingerprint density at radius 1 is 0.241 bits per heavy atom. The Bertz CT molecular complexity index is 3320.